The van der Waals surface area contributed by atoms with Gasteiger partial charge in [0.15, 0.2) is 5.69 Å². The van der Waals surface area contributed by atoms with E-state index in [1.54, 1.807) is 0 Å². The first-order valence-corrected chi connectivity index (χ1v) is 9.52. The molecule has 0 radical (unpaired) electrons. The van der Waals surface area contributed by atoms with Crippen molar-refractivity contribution in [1.82, 2.24) is 20.8 Å². The lowest BCUT2D eigenvalue weighted by Crippen LogP contribution is -2.41. The summed E-state index contributed by atoms with van der Waals surface area (Å²) in [6.07, 6.45) is 4.71. The number of rotatable bonds is 4. The van der Waals surface area contributed by atoms with E-state index in [0.717, 1.165) is 49.9 Å². The number of aromatic amines is 1. The third-order valence-electron chi connectivity index (χ3n) is 4.64. The molecule has 8 heteroatoms. The first-order valence-electron chi connectivity index (χ1n) is 8.14. The molecule has 0 saturated heterocycles. The van der Waals surface area contributed by atoms with Gasteiger partial charge in [0, 0.05) is 58.6 Å². The molecule has 0 aromatic carbocycles. The highest BCUT2D eigenvalue weighted by molar-refractivity contribution is 7.85. The highest BCUT2D eigenvalue weighted by Gasteiger charge is 2.28. The topological polar surface area (TPSA) is 86.9 Å². The number of nitrogens with zero attached hydrogens (tertiary/aromatic N) is 1. The van der Waals surface area contributed by atoms with Crippen LogP contribution >= 0.6 is 12.4 Å². The van der Waals surface area contributed by atoms with Crippen molar-refractivity contribution in [3.8, 4) is 0 Å². The molecule has 1 aliphatic carbocycles. The molecule has 2 aliphatic rings. The van der Waals surface area contributed by atoms with Crippen LogP contribution in [0.3, 0.4) is 0 Å². The van der Waals surface area contributed by atoms with Crippen LogP contribution in [0, 0.1) is 0 Å². The molecule has 2 heterocycles. The van der Waals surface area contributed by atoms with Crippen molar-refractivity contribution in [2.45, 2.75) is 56.9 Å². The molecule has 3 atom stereocenters. The van der Waals surface area contributed by atoms with Gasteiger partial charge in [-0.15, -0.1) is 12.4 Å². The molecule has 6 nitrogen and oxygen atoms in total. The third-order valence-corrected chi connectivity index (χ3v) is 6.38. The Balaban J connectivity index is 0.00000192. The Kier molecular flexibility index (Phi) is 6.61. The van der Waals surface area contributed by atoms with E-state index in [1.165, 1.54) is 0 Å². The van der Waals surface area contributed by atoms with E-state index >= 15 is 0 Å². The van der Waals surface area contributed by atoms with E-state index < -0.39 is 10.8 Å². The summed E-state index contributed by atoms with van der Waals surface area (Å²) in [7, 11) is -0.771. The summed E-state index contributed by atoms with van der Waals surface area (Å²) in [6, 6.07) is 0.116. The van der Waals surface area contributed by atoms with Crippen molar-refractivity contribution in [1.29, 1.82) is 0 Å². The van der Waals surface area contributed by atoms with Crippen molar-refractivity contribution in [2.24, 2.45) is 0 Å². The number of carbonyl (C=O) groups excluding carboxylic acids is 1. The lowest BCUT2D eigenvalue weighted by atomic mass is 9.94. The van der Waals surface area contributed by atoms with Crippen LogP contribution in [0.5, 0.6) is 0 Å². The molecule has 1 amide bonds. The van der Waals surface area contributed by atoms with Crippen LogP contribution in [0.2, 0.25) is 0 Å². The number of carbonyl (C=O) groups is 1. The predicted molar refractivity (Wildman–Crippen MR) is 93.4 cm³/mol. The minimum atomic E-state index is -0.771. The highest BCUT2D eigenvalue weighted by atomic mass is 35.5. The molecule has 1 aliphatic heterocycles. The minimum Gasteiger partial charge on any atom is -0.348 e. The molecule has 1 aromatic heterocycles. The fraction of sp³-hybridized carbons (Fsp3) is 0.733. The van der Waals surface area contributed by atoms with Crippen LogP contribution in [0.25, 0.3) is 0 Å². The predicted octanol–water partition coefficient (Wildman–Crippen LogP) is 1.29. The molecule has 1 fully saturated rings. The maximum Gasteiger partial charge on any atom is 0.272 e. The minimum absolute atomic E-state index is 0. The second-order valence-electron chi connectivity index (χ2n) is 6.08. The molecule has 3 N–H and O–H groups in total. The summed E-state index contributed by atoms with van der Waals surface area (Å²) in [5.74, 6) is 0.596. The van der Waals surface area contributed by atoms with Gasteiger partial charge >= 0.3 is 0 Å². The Morgan fingerprint density at radius 3 is 3.04 bits per heavy atom. The van der Waals surface area contributed by atoms with E-state index in [4.69, 9.17) is 0 Å². The lowest BCUT2D eigenvalue weighted by Gasteiger charge is -2.29. The second-order valence-corrected chi connectivity index (χ2v) is 8.09. The van der Waals surface area contributed by atoms with Gasteiger partial charge in [-0.1, -0.05) is 13.3 Å². The van der Waals surface area contributed by atoms with Gasteiger partial charge < -0.3 is 10.6 Å². The number of nitrogens with one attached hydrogen (secondary N) is 3. The van der Waals surface area contributed by atoms with Crippen LogP contribution in [0.1, 0.15) is 54.4 Å². The van der Waals surface area contributed by atoms with Crippen molar-refractivity contribution < 1.29 is 9.00 Å². The van der Waals surface area contributed by atoms with Crippen LogP contribution in [0.4, 0.5) is 0 Å². The average Bonchev–Trinajstić information content (AvgIpc) is 2.98. The fourth-order valence-electron chi connectivity index (χ4n) is 3.42. The molecule has 0 spiro atoms. The average molecular weight is 361 g/mol. The van der Waals surface area contributed by atoms with E-state index in [1.807, 2.05) is 6.92 Å². The number of H-pyrrole nitrogens is 1. The van der Waals surface area contributed by atoms with Crippen LogP contribution < -0.4 is 10.6 Å². The summed E-state index contributed by atoms with van der Waals surface area (Å²) in [5, 5.41) is 13.8. The SMILES string of the molecule is CCS(=O)C1CCCC(NC(=O)c2n[nH]c3c2CNCC3)C1.Cl. The lowest BCUT2D eigenvalue weighted by molar-refractivity contribution is 0.0922. The van der Waals surface area contributed by atoms with Crippen LogP contribution in [-0.4, -0.2) is 43.9 Å². The molecule has 1 aromatic rings. The van der Waals surface area contributed by atoms with Crippen molar-refractivity contribution >= 4 is 29.1 Å². The largest absolute Gasteiger partial charge is 0.348 e. The summed E-state index contributed by atoms with van der Waals surface area (Å²) >= 11 is 0. The first-order chi connectivity index (χ1) is 10.7. The molecule has 3 unspecified atom stereocenters. The number of hydrogen-bond acceptors (Lipinski definition) is 4. The number of hydrogen-bond donors (Lipinski definition) is 3. The van der Waals surface area contributed by atoms with E-state index in [0.29, 0.717) is 18.0 Å². The van der Waals surface area contributed by atoms with Crippen molar-refractivity contribution in [2.75, 3.05) is 12.3 Å². The number of aromatic nitrogens is 2. The van der Waals surface area contributed by atoms with Gasteiger partial charge in [0.25, 0.3) is 5.91 Å². The standard InChI is InChI=1S/C15H24N4O2S.ClH/c1-2-22(21)11-5-3-4-10(8-11)17-15(20)14-12-9-16-7-6-13(12)18-19-14;/h10-11,16H,2-9H2,1H3,(H,17,20)(H,18,19);1H. The number of amides is 1. The number of halogens is 1. The normalized spacial score (nSPS) is 25.1. The maximum absolute atomic E-state index is 12.5. The molecular weight excluding hydrogens is 336 g/mol. The maximum atomic E-state index is 12.5. The van der Waals surface area contributed by atoms with Crippen LogP contribution in [0.15, 0.2) is 0 Å². The third kappa shape index (κ3) is 4.14. The molecule has 1 saturated carbocycles. The van der Waals surface area contributed by atoms with Gasteiger partial charge in [0.1, 0.15) is 0 Å². The summed E-state index contributed by atoms with van der Waals surface area (Å²) in [4.78, 5) is 12.5. The van der Waals surface area contributed by atoms with E-state index in [9.17, 15) is 9.00 Å². The van der Waals surface area contributed by atoms with Gasteiger partial charge in [-0.2, -0.15) is 5.10 Å². The Hall–Kier alpha value is -0.920. The molecule has 23 heavy (non-hydrogen) atoms. The first kappa shape index (κ1) is 18.4. The zero-order valence-corrected chi connectivity index (χ0v) is 15.0. The zero-order valence-electron chi connectivity index (χ0n) is 13.4. The van der Waals surface area contributed by atoms with E-state index in [2.05, 4.69) is 20.8 Å². The van der Waals surface area contributed by atoms with Gasteiger partial charge in [-0.3, -0.25) is 14.1 Å². The Morgan fingerprint density at radius 2 is 2.26 bits per heavy atom. The Labute approximate surface area is 145 Å². The Morgan fingerprint density at radius 1 is 1.43 bits per heavy atom. The quantitative estimate of drug-likeness (QED) is 0.755. The molecule has 130 valence electrons. The highest BCUT2D eigenvalue weighted by Crippen LogP contribution is 2.24. The van der Waals surface area contributed by atoms with Gasteiger partial charge in [0.05, 0.1) is 0 Å². The van der Waals surface area contributed by atoms with Gasteiger partial charge in [0.2, 0.25) is 0 Å². The van der Waals surface area contributed by atoms with Gasteiger partial charge in [-0.05, 0) is 19.3 Å². The monoisotopic (exact) mass is 360 g/mol. The second kappa shape index (κ2) is 8.26. The van der Waals surface area contributed by atoms with Crippen LogP contribution in [-0.2, 0) is 23.8 Å². The fourth-order valence-corrected chi connectivity index (χ4v) is 4.77. The summed E-state index contributed by atoms with van der Waals surface area (Å²) < 4.78 is 12.0. The smallest absolute Gasteiger partial charge is 0.272 e. The molecule has 3 rings (SSSR count). The Bertz CT molecular complexity index is 578. The van der Waals surface area contributed by atoms with Gasteiger partial charge in [-0.25, -0.2) is 0 Å². The summed E-state index contributed by atoms with van der Waals surface area (Å²) in [5.41, 5.74) is 2.58. The summed E-state index contributed by atoms with van der Waals surface area (Å²) in [6.45, 7) is 3.58. The van der Waals surface area contributed by atoms with E-state index in [-0.39, 0.29) is 29.6 Å². The molecular formula is C15H25ClN4O2S. The van der Waals surface area contributed by atoms with Crippen molar-refractivity contribution in [3.05, 3.63) is 17.0 Å². The number of fused-ring (bicyclic) bond motifs is 1. The zero-order chi connectivity index (χ0) is 15.5. The van der Waals surface area contributed by atoms with Crippen molar-refractivity contribution in [3.63, 3.8) is 0 Å². The molecule has 0 bridgehead atoms.